The lowest BCUT2D eigenvalue weighted by Gasteiger charge is -2.09. The molecule has 1 aromatic carbocycles. The predicted molar refractivity (Wildman–Crippen MR) is 75.6 cm³/mol. The van der Waals surface area contributed by atoms with Gasteiger partial charge in [-0.2, -0.15) is 0 Å². The molecule has 6 heteroatoms. The van der Waals surface area contributed by atoms with Crippen LogP contribution < -0.4 is 4.74 Å². The SMILES string of the molecule is Cc1ccc(Oc2ncnc3ccsc23)c(C(=O)O)c1. The number of benzene rings is 1. The maximum absolute atomic E-state index is 11.3. The molecule has 1 N–H and O–H groups in total. The Hall–Kier alpha value is -2.47. The van der Waals surface area contributed by atoms with E-state index in [-0.39, 0.29) is 11.3 Å². The molecule has 0 spiro atoms. The van der Waals surface area contributed by atoms with Crippen molar-refractivity contribution < 1.29 is 14.6 Å². The molecule has 0 unspecified atom stereocenters. The van der Waals surface area contributed by atoms with Crippen LogP contribution in [0.15, 0.2) is 36.0 Å². The molecule has 0 radical (unpaired) electrons. The fourth-order valence-corrected chi connectivity index (χ4v) is 2.61. The summed E-state index contributed by atoms with van der Waals surface area (Å²) in [6, 6.07) is 6.88. The number of aryl methyl sites for hydroxylation is 1. The van der Waals surface area contributed by atoms with Crippen molar-refractivity contribution in [3.05, 3.63) is 47.1 Å². The number of nitrogens with zero attached hydrogens (tertiary/aromatic N) is 2. The Morgan fingerprint density at radius 1 is 1.30 bits per heavy atom. The van der Waals surface area contributed by atoms with Crippen LogP contribution in [-0.2, 0) is 0 Å². The molecular weight excluding hydrogens is 276 g/mol. The highest BCUT2D eigenvalue weighted by molar-refractivity contribution is 7.17. The number of hydrogen-bond donors (Lipinski definition) is 1. The molecule has 2 aromatic heterocycles. The van der Waals surface area contributed by atoms with Crippen LogP contribution >= 0.6 is 11.3 Å². The topological polar surface area (TPSA) is 72.3 Å². The summed E-state index contributed by atoms with van der Waals surface area (Å²) in [6.07, 6.45) is 1.40. The first-order valence-electron chi connectivity index (χ1n) is 5.85. The van der Waals surface area contributed by atoms with Gasteiger partial charge >= 0.3 is 5.97 Å². The van der Waals surface area contributed by atoms with Crippen molar-refractivity contribution in [3.8, 4) is 11.6 Å². The van der Waals surface area contributed by atoms with E-state index >= 15 is 0 Å². The van der Waals surface area contributed by atoms with E-state index in [0.717, 1.165) is 15.8 Å². The third-order valence-electron chi connectivity index (χ3n) is 2.78. The summed E-state index contributed by atoms with van der Waals surface area (Å²) in [4.78, 5) is 19.5. The van der Waals surface area contributed by atoms with E-state index in [2.05, 4.69) is 9.97 Å². The number of carbonyl (C=O) groups is 1. The molecular formula is C14H10N2O3S. The number of hydrogen-bond acceptors (Lipinski definition) is 5. The Balaban J connectivity index is 2.07. The normalized spacial score (nSPS) is 10.7. The summed E-state index contributed by atoms with van der Waals surface area (Å²) in [6.45, 7) is 1.83. The quantitative estimate of drug-likeness (QED) is 0.798. The molecule has 5 nitrogen and oxygen atoms in total. The van der Waals surface area contributed by atoms with Crippen molar-refractivity contribution in [3.63, 3.8) is 0 Å². The molecule has 0 bridgehead atoms. The first kappa shape index (κ1) is 12.6. The van der Waals surface area contributed by atoms with Crippen LogP contribution in [0.25, 0.3) is 10.2 Å². The third-order valence-corrected chi connectivity index (χ3v) is 3.67. The molecule has 100 valence electrons. The zero-order valence-corrected chi connectivity index (χ0v) is 11.3. The Labute approximate surface area is 118 Å². The minimum Gasteiger partial charge on any atom is -0.478 e. The van der Waals surface area contributed by atoms with Crippen LogP contribution in [-0.4, -0.2) is 21.0 Å². The van der Waals surface area contributed by atoms with Gasteiger partial charge in [-0.05, 0) is 30.5 Å². The van der Waals surface area contributed by atoms with Crippen LogP contribution in [0.5, 0.6) is 11.6 Å². The Morgan fingerprint density at radius 3 is 2.95 bits per heavy atom. The smallest absolute Gasteiger partial charge is 0.339 e. The molecule has 0 fully saturated rings. The van der Waals surface area contributed by atoms with E-state index in [9.17, 15) is 9.90 Å². The average molecular weight is 286 g/mol. The highest BCUT2D eigenvalue weighted by atomic mass is 32.1. The average Bonchev–Trinajstić information content (AvgIpc) is 2.90. The van der Waals surface area contributed by atoms with Crippen molar-refractivity contribution in [1.29, 1.82) is 0 Å². The van der Waals surface area contributed by atoms with Crippen molar-refractivity contribution >= 4 is 27.5 Å². The number of aromatic nitrogens is 2. The zero-order chi connectivity index (χ0) is 14.1. The number of thiophene rings is 1. The Morgan fingerprint density at radius 2 is 2.15 bits per heavy atom. The zero-order valence-electron chi connectivity index (χ0n) is 10.5. The number of carboxylic acid groups (broad SMARTS) is 1. The largest absolute Gasteiger partial charge is 0.478 e. The third kappa shape index (κ3) is 2.21. The number of fused-ring (bicyclic) bond motifs is 1. The number of rotatable bonds is 3. The maximum atomic E-state index is 11.3. The molecule has 0 saturated carbocycles. The summed E-state index contributed by atoms with van der Waals surface area (Å²) in [5.74, 6) is -0.381. The van der Waals surface area contributed by atoms with Crippen LogP contribution in [0.3, 0.4) is 0 Å². The second kappa shape index (κ2) is 4.90. The van der Waals surface area contributed by atoms with Crippen molar-refractivity contribution in [2.24, 2.45) is 0 Å². The summed E-state index contributed by atoms with van der Waals surface area (Å²) >= 11 is 1.45. The van der Waals surface area contributed by atoms with E-state index < -0.39 is 5.97 Å². The summed E-state index contributed by atoms with van der Waals surface area (Å²) < 4.78 is 6.47. The molecule has 3 aromatic rings. The Kier molecular flexibility index (Phi) is 3.08. The van der Waals surface area contributed by atoms with Gasteiger partial charge in [-0.25, -0.2) is 14.8 Å². The predicted octanol–water partition coefficient (Wildman–Crippen LogP) is 3.49. The summed E-state index contributed by atoms with van der Waals surface area (Å²) in [5.41, 5.74) is 1.76. The van der Waals surface area contributed by atoms with E-state index in [4.69, 9.17) is 4.74 Å². The number of carboxylic acids is 1. The molecule has 0 aliphatic heterocycles. The molecule has 0 saturated heterocycles. The van der Waals surface area contributed by atoms with Gasteiger partial charge in [0.25, 0.3) is 0 Å². The van der Waals surface area contributed by atoms with Crippen LogP contribution in [0.1, 0.15) is 15.9 Å². The Bertz CT molecular complexity index is 798. The minimum absolute atomic E-state index is 0.119. The van der Waals surface area contributed by atoms with Crippen molar-refractivity contribution in [2.45, 2.75) is 6.92 Å². The summed E-state index contributed by atoms with van der Waals surface area (Å²) in [5, 5.41) is 11.1. The molecule has 3 rings (SSSR count). The maximum Gasteiger partial charge on any atom is 0.339 e. The van der Waals surface area contributed by atoms with Gasteiger partial charge in [0, 0.05) is 0 Å². The lowest BCUT2D eigenvalue weighted by atomic mass is 10.1. The molecule has 20 heavy (non-hydrogen) atoms. The van der Waals surface area contributed by atoms with Gasteiger partial charge in [-0.3, -0.25) is 0 Å². The molecule has 0 aliphatic carbocycles. The molecule has 0 atom stereocenters. The van der Waals surface area contributed by atoms with Gasteiger partial charge in [-0.1, -0.05) is 11.6 Å². The van der Waals surface area contributed by atoms with Gasteiger partial charge < -0.3 is 9.84 Å². The van der Waals surface area contributed by atoms with Crippen molar-refractivity contribution in [1.82, 2.24) is 9.97 Å². The standard InChI is InChI=1S/C14H10N2O3S/c1-8-2-3-11(9(6-8)14(17)18)19-13-12-10(4-5-20-12)15-7-16-13/h2-7H,1H3,(H,17,18). The lowest BCUT2D eigenvalue weighted by molar-refractivity contribution is 0.0694. The number of ether oxygens (including phenoxy) is 1. The number of aromatic carboxylic acids is 1. The highest BCUT2D eigenvalue weighted by Crippen LogP contribution is 2.32. The van der Waals surface area contributed by atoms with Crippen LogP contribution in [0.2, 0.25) is 0 Å². The van der Waals surface area contributed by atoms with Gasteiger partial charge in [0.1, 0.15) is 22.3 Å². The van der Waals surface area contributed by atoms with E-state index in [1.165, 1.54) is 17.7 Å². The van der Waals surface area contributed by atoms with Crippen molar-refractivity contribution in [2.75, 3.05) is 0 Å². The highest BCUT2D eigenvalue weighted by Gasteiger charge is 2.14. The fraction of sp³-hybridized carbons (Fsp3) is 0.0714. The van der Waals surface area contributed by atoms with E-state index in [0.29, 0.717) is 5.88 Å². The fourth-order valence-electron chi connectivity index (χ4n) is 1.84. The molecule has 0 amide bonds. The van der Waals surface area contributed by atoms with Crippen LogP contribution in [0, 0.1) is 6.92 Å². The second-order valence-electron chi connectivity index (χ2n) is 4.22. The molecule has 0 aliphatic rings. The lowest BCUT2D eigenvalue weighted by Crippen LogP contribution is -2.01. The minimum atomic E-state index is -1.03. The molecule has 2 heterocycles. The van der Waals surface area contributed by atoms with Gasteiger partial charge in [0.2, 0.25) is 5.88 Å². The second-order valence-corrected chi connectivity index (χ2v) is 5.14. The first-order chi connectivity index (χ1) is 9.65. The summed E-state index contributed by atoms with van der Waals surface area (Å²) in [7, 11) is 0. The van der Waals surface area contributed by atoms with E-state index in [1.807, 2.05) is 18.4 Å². The monoisotopic (exact) mass is 286 g/mol. The van der Waals surface area contributed by atoms with Crippen LogP contribution in [0.4, 0.5) is 0 Å². The van der Waals surface area contributed by atoms with Gasteiger partial charge in [0.05, 0.1) is 5.52 Å². The van der Waals surface area contributed by atoms with Gasteiger partial charge in [-0.15, -0.1) is 11.3 Å². The first-order valence-corrected chi connectivity index (χ1v) is 6.73. The van der Waals surface area contributed by atoms with Gasteiger partial charge in [0.15, 0.2) is 0 Å². The van der Waals surface area contributed by atoms with E-state index in [1.54, 1.807) is 18.2 Å².